The van der Waals surface area contributed by atoms with Crippen LogP contribution in [0.5, 0.6) is 0 Å². The lowest BCUT2D eigenvalue weighted by molar-refractivity contribution is -0.384. The van der Waals surface area contributed by atoms with Crippen molar-refractivity contribution >= 4 is 22.9 Å². The van der Waals surface area contributed by atoms with Gasteiger partial charge in [-0.1, -0.05) is 17.7 Å². The predicted molar refractivity (Wildman–Crippen MR) is 68.8 cm³/mol. The summed E-state index contributed by atoms with van der Waals surface area (Å²) in [4.78, 5) is 10.1. The Morgan fingerprint density at radius 1 is 1.33 bits per heavy atom. The Morgan fingerprint density at radius 3 is 2.56 bits per heavy atom. The van der Waals surface area contributed by atoms with Gasteiger partial charge >= 0.3 is 0 Å². The minimum absolute atomic E-state index is 0.0220. The Kier molecular flexibility index (Phi) is 3.45. The fraction of sp³-hybridized carbons (Fsp3) is 0.154. The van der Waals surface area contributed by atoms with E-state index < -0.39 is 4.92 Å². The molecule has 4 nitrogen and oxygen atoms in total. The average Bonchev–Trinajstić information content (AvgIpc) is 2.38. The van der Waals surface area contributed by atoms with Crippen molar-refractivity contribution in [2.24, 2.45) is 0 Å². The SMILES string of the molecule is N#CC1=C(c2ccc([N+](=O)[O-])cc2)C(Cl)=CCC1. The number of nitriles is 1. The average molecular weight is 261 g/mol. The normalized spacial score (nSPS) is 15.0. The summed E-state index contributed by atoms with van der Waals surface area (Å²) in [5.74, 6) is 0. The van der Waals surface area contributed by atoms with Crippen LogP contribution >= 0.6 is 11.6 Å². The van der Waals surface area contributed by atoms with E-state index in [1.54, 1.807) is 12.1 Å². The van der Waals surface area contributed by atoms with Crippen LogP contribution < -0.4 is 0 Å². The number of benzene rings is 1. The zero-order chi connectivity index (χ0) is 13.1. The summed E-state index contributed by atoms with van der Waals surface area (Å²) in [5.41, 5.74) is 2.06. The first kappa shape index (κ1) is 12.3. The number of nitro benzene ring substituents is 1. The molecule has 0 bridgehead atoms. The number of allylic oxidation sites excluding steroid dienone is 4. The van der Waals surface area contributed by atoms with E-state index in [1.165, 1.54) is 12.1 Å². The van der Waals surface area contributed by atoms with Crippen LogP contribution in [0.25, 0.3) is 5.57 Å². The molecule has 0 saturated carbocycles. The third-order valence-corrected chi connectivity index (χ3v) is 3.10. The fourth-order valence-electron chi connectivity index (χ4n) is 1.89. The van der Waals surface area contributed by atoms with Gasteiger partial charge in [0.2, 0.25) is 0 Å². The molecule has 1 aliphatic carbocycles. The van der Waals surface area contributed by atoms with Crippen molar-refractivity contribution in [3.63, 3.8) is 0 Å². The molecule has 1 aromatic carbocycles. The summed E-state index contributed by atoms with van der Waals surface area (Å²) in [6, 6.07) is 8.20. The molecular weight excluding hydrogens is 252 g/mol. The van der Waals surface area contributed by atoms with Crippen molar-refractivity contribution in [1.82, 2.24) is 0 Å². The monoisotopic (exact) mass is 260 g/mol. The van der Waals surface area contributed by atoms with E-state index in [0.717, 1.165) is 12.0 Å². The predicted octanol–water partition coefficient (Wildman–Crippen LogP) is 3.79. The van der Waals surface area contributed by atoms with Crippen molar-refractivity contribution in [1.29, 1.82) is 5.26 Å². The van der Waals surface area contributed by atoms with Gasteiger partial charge in [0.05, 0.1) is 11.0 Å². The minimum Gasteiger partial charge on any atom is -0.258 e. The number of nitro groups is 1. The lowest BCUT2D eigenvalue weighted by atomic mass is 9.93. The second kappa shape index (κ2) is 5.03. The molecule has 0 amide bonds. The molecule has 0 heterocycles. The second-order valence-corrected chi connectivity index (χ2v) is 4.27. The van der Waals surface area contributed by atoms with Crippen molar-refractivity contribution < 1.29 is 4.92 Å². The number of hydrogen-bond donors (Lipinski definition) is 0. The van der Waals surface area contributed by atoms with Gasteiger partial charge in [-0.05, 0) is 30.5 Å². The van der Waals surface area contributed by atoms with Crippen molar-refractivity contribution in [2.75, 3.05) is 0 Å². The minimum atomic E-state index is -0.457. The molecule has 5 heteroatoms. The Labute approximate surface area is 109 Å². The molecule has 18 heavy (non-hydrogen) atoms. The van der Waals surface area contributed by atoms with Gasteiger partial charge in [0.1, 0.15) is 0 Å². The van der Waals surface area contributed by atoms with Crippen LogP contribution in [-0.2, 0) is 0 Å². The third-order valence-electron chi connectivity index (χ3n) is 2.76. The van der Waals surface area contributed by atoms with Crippen LogP contribution in [0, 0.1) is 21.4 Å². The van der Waals surface area contributed by atoms with E-state index in [9.17, 15) is 10.1 Å². The van der Waals surface area contributed by atoms with Crippen molar-refractivity contribution in [3.05, 3.63) is 56.6 Å². The van der Waals surface area contributed by atoms with E-state index in [-0.39, 0.29) is 5.69 Å². The molecule has 1 aromatic rings. The molecule has 0 fully saturated rings. The Morgan fingerprint density at radius 2 is 2.00 bits per heavy atom. The topological polar surface area (TPSA) is 66.9 Å². The summed E-state index contributed by atoms with van der Waals surface area (Å²) in [5, 5.41) is 20.2. The molecule has 0 N–H and O–H groups in total. The van der Waals surface area contributed by atoms with Crippen LogP contribution in [0.4, 0.5) is 5.69 Å². The Balaban J connectivity index is 2.47. The van der Waals surface area contributed by atoms with Gasteiger partial charge in [0.15, 0.2) is 0 Å². The smallest absolute Gasteiger partial charge is 0.258 e. The summed E-state index contributed by atoms with van der Waals surface area (Å²) >= 11 is 6.11. The van der Waals surface area contributed by atoms with Gasteiger partial charge in [-0.2, -0.15) is 5.26 Å². The van der Waals surface area contributed by atoms with Crippen LogP contribution in [0.15, 0.2) is 40.9 Å². The number of nitrogens with zero attached hydrogens (tertiary/aromatic N) is 2. The van der Waals surface area contributed by atoms with E-state index in [1.807, 2.05) is 6.08 Å². The Bertz CT molecular complexity index is 594. The van der Waals surface area contributed by atoms with Crippen molar-refractivity contribution in [3.8, 4) is 6.07 Å². The lowest BCUT2D eigenvalue weighted by Gasteiger charge is -2.14. The first-order valence-electron chi connectivity index (χ1n) is 5.37. The number of hydrogen-bond acceptors (Lipinski definition) is 3. The summed E-state index contributed by atoms with van der Waals surface area (Å²) in [7, 11) is 0. The molecule has 90 valence electrons. The molecule has 1 aliphatic rings. The molecule has 2 rings (SSSR count). The van der Waals surface area contributed by atoms with Gasteiger partial charge in [0.25, 0.3) is 5.69 Å². The van der Waals surface area contributed by atoms with Gasteiger partial charge in [-0.25, -0.2) is 0 Å². The second-order valence-electron chi connectivity index (χ2n) is 3.86. The van der Waals surface area contributed by atoms with Gasteiger partial charge in [-0.15, -0.1) is 0 Å². The number of rotatable bonds is 2. The highest BCUT2D eigenvalue weighted by molar-refractivity contribution is 6.37. The molecule has 0 saturated heterocycles. The molecular formula is C13H9ClN2O2. The molecule has 0 aliphatic heterocycles. The first-order chi connectivity index (χ1) is 8.63. The van der Waals surface area contributed by atoms with Gasteiger partial charge in [-0.3, -0.25) is 10.1 Å². The number of halogens is 1. The highest BCUT2D eigenvalue weighted by atomic mass is 35.5. The van der Waals surface area contributed by atoms with E-state index >= 15 is 0 Å². The highest BCUT2D eigenvalue weighted by Gasteiger charge is 2.17. The molecule has 0 atom stereocenters. The molecule has 0 aromatic heterocycles. The van der Waals surface area contributed by atoms with Crippen LogP contribution in [0.3, 0.4) is 0 Å². The third kappa shape index (κ3) is 2.27. The fourth-order valence-corrected chi connectivity index (χ4v) is 2.22. The van der Waals surface area contributed by atoms with E-state index in [2.05, 4.69) is 6.07 Å². The maximum atomic E-state index is 10.6. The van der Waals surface area contributed by atoms with Crippen molar-refractivity contribution in [2.45, 2.75) is 12.8 Å². The quantitative estimate of drug-likeness (QED) is 0.600. The summed E-state index contributed by atoms with van der Waals surface area (Å²) < 4.78 is 0. The van der Waals surface area contributed by atoms with Gasteiger partial charge in [0, 0.05) is 28.3 Å². The van der Waals surface area contributed by atoms with Crippen LogP contribution in [0.1, 0.15) is 18.4 Å². The van der Waals surface area contributed by atoms with Crippen LogP contribution in [-0.4, -0.2) is 4.92 Å². The molecule has 0 radical (unpaired) electrons. The highest BCUT2D eigenvalue weighted by Crippen LogP contribution is 2.35. The van der Waals surface area contributed by atoms with E-state index in [0.29, 0.717) is 22.6 Å². The Hall–Kier alpha value is -2.12. The zero-order valence-corrected chi connectivity index (χ0v) is 10.1. The largest absolute Gasteiger partial charge is 0.269 e. The molecule has 0 unspecified atom stereocenters. The standard InChI is InChI=1S/C13H9ClN2O2/c14-12-3-1-2-10(8-15)13(12)9-4-6-11(7-5-9)16(17)18/h3-7H,1-2H2. The summed E-state index contributed by atoms with van der Waals surface area (Å²) in [6.45, 7) is 0. The molecule has 0 spiro atoms. The van der Waals surface area contributed by atoms with E-state index in [4.69, 9.17) is 16.9 Å². The lowest BCUT2D eigenvalue weighted by Crippen LogP contribution is -1.97. The maximum Gasteiger partial charge on any atom is 0.269 e. The number of non-ortho nitro benzene ring substituents is 1. The first-order valence-corrected chi connectivity index (χ1v) is 5.75. The zero-order valence-electron chi connectivity index (χ0n) is 9.39. The summed E-state index contributed by atoms with van der Waals surface area (Å²) in [6.07, 6.45) is 3.26. The van der Waals surface area contributed by atoms with Crippen LogP contribution in [0.2, 0.25) is 0 Å². The van der Waals surface area contributed by atoms with Gasteiger partial charge < -0.3 is 0 Å². The maximum absolute atomic E-state index is 10.6.